The smallest absolute Gasteiger partial charge is 0.228 e. The van der Waals surface area contributed by atoms with E-state index < -0.39 is 0 Å². The van der Waals surface area contributed by atoms with E-state index in [4.69, 9.17) is 0 Å². The second-order valence-electron chi connectivity index (χ2n) is 7.72. The molecule has 1 amide bonds. The zero-order valence-electron chi connectivity index (χ0n) is 15.4. The van der Waals surface area contributed by atoms with Crippen LogP contribution in [0.15, 0.2) is 54.6 Å². The van der Waals surface area contributed by atoms with Crippen molar-refractivity contribution in [2.24, 2.45) is 11.3 Å². The summed E-state index contributed by atoms with van der Waals surface area (Å²) < 4.78 is 0. The summed E-state index contributed by atoms with van der Waals surface area (Å²) in [6.45, 7) is 2.90. The Kier molecular flexibility index (Phi) is 4.68. The van der Waals surface area contributed by atoms with Gasteiger partial charge >= 0.3 is 0 Å². The van der Waals surface area contributed by atoms with Crippen molar-refractivity contribution in [2.45, 2.75) is 25.8 Å². The number of rotatable bonds is 5. The van der Waals surface area contributed by atoms with E-state index in [1.165, 1.54) is 5.56 Å². The fourth-order valence-corrected chi connectivity index (χ4v) is 4.27. The van der Waals surface area contributed by atoms with Crippen LogP contribution < -0.4 is 15.5 Å². The highest BCUT2D eigenvalue weighted by Crippen LogP contribution is 2.58. The molecule has 136 valence electrons. The van der Waals surface area contributed by atoms with Gasteiger partial charge in [-0.25, -0.2) is 0 Å². The predicted molar refractivity (Wildman–Crippen MR) is 106 cm³/mol. The van der Waals surface area contributed by atoms with Gasteiger partial charge in [0.05, 0.1) is 11.4 Å². The molecule has 2 fully saturated rings. The summed E-state index contributed by atoms with van der Waals surface area (Å²) in [6, 6.07) is 18.5. The van der Waals surface area contributed by atoms with Crippen LogP contribution in [0.25, 0.3) is 0 Å². The Morgan fingerprint density at radius 2 is 1.81 bits per heavy atom. The van der Waals surface area contributed by atoms with Crippen molar-refractivity contribution in [3.05, 3.63) is 60.2 Å². The molecule has 0 radical (unpaired) electrons. The molecule has 0 bridgehead atoms. The molecule has 2 aromatic rings. The first-order valence-corrected chi connectivity index (χ1v) is 9.54. The molecule has 1 spiro atoms. The number of amides is 1. The molecule has 1 saturated carbocycles. The maximum absolute atomic E-state index is 12.8. The molecule has 26 heavy (non-hydrogen) atoms. The molecule has 1 aliphatic heterocycles. The van der Waals surface area contributed by atoms with Gasteiger partial charge in [0.2, 0.25) is 5.91 Å². The van der Waals surface area contributed by atoms with Gasteiger partial charge in [-0.05, 0) is 55.5 Å². The van der Waals surface area contributed by atoms with Crippen LogP contribution >= 0.6 is 0 Å². The van der Waals surface area contributed by atoms with Crippen molar-refractivity contribution in [3.8, 4) is 0 Å². The highest BCUT2D eigenvalue weighted by atomic mass is 16.2. The number of hydrogen-bond acceptors (Lipinski definition) is 3. The lowest BCUT2D eigenvalue weighted by Crippen LogP contribution is -2.31. The molecule has 2 aromatic carbocycles. The largest absolute Gasteiger partial charge is 0.369 e. The molecule has 1 unspecified atom stereocenters. The van der Waals surface area contributed by atoms with E-state index in [0.29, 0.717) is 0 Å². The predicted octanol–water partition coefficient (Wildman–Crippen LogP) is 3.65. The van der Waals surface area contributed by atoms with Crippen molar-refractivity contribution < 1.29 is 4.79 Å². The van der Waals surface area contributed by atoms with Gasteiger partial charge in [-0.2, -0.15) is 0 Å². The second kappa shape index (κ2) is 7.12. The van der Waals surface area contributed by atoms with E-state index >= 15 is 0 Å². The molecule has 0 aromatic heterocycles. The maximum atomic E-state index is 12.8. The Labute approximate surface area is 155 Å². The number of para-hydroxylation sites is 2. The molecule has 1 atom stereocenters. The summed E-state index contributed by atoms with van der Waals surface area (Å²) in [6.07, 6.45) is 3.30. The molecular formula is C22H27N3O. The highest BCUT2D eigenvalue weighted by molar-refractivity contribution is 5.97. The lowest BCUT2D eigenvalue weighted by atomic mass is 9.92. The third-order valence-corrected chi connectivity index (χ3v) is 5.94. The van der Waals surface area contributed by atoms with E-state index in [2.05, 4.69) is 52.9 Å². The minimum absolute atomic E-state index is 0.178. The first-order chi connectivity index (χ1) is 12.7. The van der Waals surface area contributed by atoms with Crippen LogP contribution in [0.3, 0.4) is 0 Å². The number of hydrogen-bond donors (Lipinski definition) is 2. The average Bonchev–Trinajstić information content (AvgIpc) is 3.36. The second-order valence-corrected chi connectivity index (χ2v) is 7.72. The normalized spacial score (nSPS) is 20.6. The van der Waals surface area contributed by atoms with Gasteiger partial charge < -0.3 is 15.5 Å². The van der Waals surface area contributed by atoms with Crippen LogP contribution in [0.1, 0.15) is 24.8 Å². The molecule has 1 saturated heterocycles. The van der Waals surface area contributed by atoms with Crippen LogP contribution in [-0.2, 0) is 11.3 Å². The third kappa shape index (κ3) is 3.47. The van der Waals surface area contributed by atoms with E-state index in [-0.39, 0.29) is 17.2 Å². The average molecular weight is 349 g/mol. The molecule has 4 heteroatoms. The number of benzene rings is 2. The quantitative estimate of drug-likeness (QED) is 0.866. The van der Waals surface area contributed by atoms with Gasteiger partial charge in [0.1, 0.15) is 0 Å². The SMILES string of the molecule is CN(Cc1ccccc1)c1ccccc1NC(=O)C1CC12CCNCC2. The first kappa shape index (κ1) is 17.1. The topological polar surface area (TPSA) is 44.4 Å². The van der Waals surface area contributed by atoms with Gasteiger partial charge in [-0.1, -0.05) is 42.5 Å². The summed E-state index contributed by atoms with van der Waals surface area (Å²) in [7, 11) is 2.07. The Morgan fingerprint density at radius 3 is 2.58 bits per heavy atom. The lowest BCUT2D eigenvalue weighted by Gasteiger charge is -2.24. The van der Waals surface area contributed by atoms with E-state index in [9.17, 15) is 4.79 Å². The zero-order valence-corrected chi connectivity index (χ0v) is 15.4. The number of nitrogens with one attached hydrogen (secondary N) is 2. The monoisotopic (exact) mass is 349 g/mol. The highest BCUT2D eigenvalue weighted by Gasteiger charge is 2.57. The number of nitrogens with zero attached hydrogens (tertiary/aromatic N) is 1. The molecule has 1 aliphatic carbocycles. The number of carbonyl (C=O) groups excluding carboxylic acids is 1. The number of carbonyl (C=O) groups is 1. The van der Waals surface area contributed by atoms with Crippen molar-refractivity contribution >= 4 is 17.3 Å². The minimum Gasteiger partial charge on any atom is -0.369 e. The molecule has 2 N–H and O–H groups in total. The molecule has 1 heterocycles. The van der Waals surface area contributed by atoms with Crippen LogP contribution in [0.4, 0.5) is 11.4 Å². The standard InChI is InChI=1S/C22H27N3O/c1-25(16-17-7-3-2-4-8-17)20-10-6-5-9-19(20)24-21(26)18-15-22(18)11-13-23-14-12-22/h2-10,18,23H,11-16H2,1H3,(H,24,26). The van der Waals surface area contributed by atoms with Crippen LogP contribution in [0.2, 0.25) is 0 Å². The van der Waals surface area contributed by atoms with Crippen molar-refractivity contribution in [3.63, 3.8) is 0 Å². The van der Waals surface area contributed by atoms with E-state index in [1.807, 2.05) is 24.3 Å². The number of anilines is 2. The van der Waals surface area contributed by atoms with Crippen LogP contribution in [0.5, 0.6) is 0 Å². The summed E-state index contributed by atoms with van der Waals surface area (Å²) in [5.41, 5.74) is 3.49. The van der Waals surface area contributed by atoms with Gasteiger partial charge in [-0.3, -0.25) is 4.79 Å². The molecule has 4 nitrogen and oxygen atoms in total. The first-order valence-electron chi connectivity index (χ1n) is 9.54. The molecular weight excluding hydrogens is 322 g/mol. The minimum atomic E-state index is 0.178. The van der Waals surface area contributed by atoms with Gasteiger partial charge in [0, 0.05) is 19.5 Å². The lowest BCUT2D eigenvalue weighted by molar-refractivity contribution is -0.118. The third-order valence-electron chi connectivity index (χ3n) is 5.94. The summed E-state index contributed by atoms with van der Waals surface area (Å²) in [4.78, 5) is 15.0. The maximum Gasteiger partial charge on any atom is 0.228 e. The Morgan fingerprint density at radius 1 is 1.12 bits per heavy atom. The zero-order chi connectivity index (χ0) is 18.0. The summed E-state index contributed by atoms with van der Waals surface area (Å²) in [5.74, 6) is 0.365. The van der Waals surface area contributed by atoms with E-state index in [1.54, 1.807) is 0 Å². The molecule has 4 rings (SSSR count). The van der Waals surface area contributed by atoms with E-state index in [0.717, 1.165) is 50.3 Å². The summed E-state index contributed by atoms with van der Waals surface area (Å²) >= 11 is 0. The Balaban J connectivity index is 1.45. The Bertz CT molecular complexity index is 768. The van der Waals surface area contributed by atoms with Crippen LogP contribution in [-0.4, -0.2) is 26.0 Å². The van der Waals surface area contributed by atoms with Gasteiger partial charge in [0.25, 0.3) is 0 Å². The van der Waals surface area contributed by atoms with Crippen molar-refractivity contribution in [1.29, 1.82) is 0 Å². The van der Waals surface area contributed by atoms with Crippen molar-refractivity contribution in [1.82, 2.24) is 5.32 Å². The van der Waals surface area contributed by atoms with Gasteiger partial charge in [0.15, 0.2) is 0 Å². The van der Waals surface area contributed by atoms with Crippen molar-refractivity contribution in [2.75, 3.05) is 30.4 Å². The fraction of sp³-hybridized carbons (Fsp3) is 0.409. The Hall–Kier alpha value is -2.33. The van der Waals surface area contributed by atoms with Crippen LogP contribution in [0, 0.1) is 11.3 Å². The van der Waals surface area contributed by atoms with Gasteiger partial charge in [-0.15, -0.1) is 0 Å². The summed E-state index contributed by atoms with van der Waals surface area (Å²) in [5, 5.41) is 6.61. The molecule has 2 aliphatic rings. The number of piperidine rings is 1. The fourth-order valence-electron chi connectivity index (χ4n) is 4.27.